The van der Waals surface area contributed by atoms with Gasteiger partial charge in [0.1, 0.15) is 6.29 Å². The standard InChI is InChI=1S/C11H20O2/c1-4-9(2)10(3)11(13)7-5-6-8-12/h5-6,8-11,13H,4,7H2,1-3H3. The van der Waals surface area contributed by atoms with Crippen LogP contribution >= 0.6 is 0 Å². The van der Waals surface area contributed by atoms with Crippen molar-refractivity contribution in [1.82, 2.24) is 0 Å². The Labute approximate surface area is 80.7 Å². The molecule has 13 heavy (non-hydrogen) atoms. The summed E-state index contributed by atoms with van der Waals surface area (Å²) in [5, 5.41) is 9.68. The summed E-state index contributed by atoms with van der Waals surface area (Å²) < 4.78 is 0. The predicted octanol–water partition coefficient (Wildman–Crippen LogP) is 2.17. The third-order valence-electron chi connectivity index (χ3n) is 2.74. The molecule has 0 fully saturated rings. The molecule has 0 heterocycles. The van der Waals surface area contributed by atoms with Crippen molar-refractivity contribution in [2.75, 3.05) is 0 Å². The van der Waals surface area contributed by atoms with Crippen molar-refractivity contribution in [2.24, 2.45) is 11.8 Å². The van der Waals surface area contributed by atoms with E-state index >= 15 is 0 Å². The van der Waals surface area contributed by atoms with E-state index in [0.29, 0.717) is 18.3 Å². The van der Waals surface area contributed by atoms with E-state index in [-0.39, 0.29) is 6.10 Å². The van der Waals surface area contributed by atoms with Crippen molar-refractivity contribution < 1.29 is 9.90 Å². The second-order valence-corrected chi connectivity index (χ2v) is 3.61. The summed E-state index contributed by atoms with van der Waals surface area (Å²) in [6.07, 6.45) is 5.22. The highest BCUT2D eigenvalue weighted by Crippen LogP contribution is 2.20. The highest BCUT2D eigenvalue weighted by molar-refractivity contribution is 5.64. The molecule has 76 valence electrons. The van der Waals surface area contributed by atoms with Crippen molar-refractivity contribution in [2.45, 2.75) is 39.7 Å². The van der Waals surface area contributed by atoms with Crippen LogP contribution in [0.2, 0.25) is 0 Å². The first-order valence-electron chi connectivity index (χ1n) is 4.91. The lowest BCUT2D eigenvalue weighted by Crippen LogP contribution is -2.22. The molecule has 1 N–H and O–H groups in total. The quantitative estimate of drug-likeness (QED) is 0.507. The van der Waals surface area contributed by atoms with Crippen LogP contribution in [0.5, 0.6) is 0 Å². The first-order valence-corrected chi connectivity index (χ1v) is 4.91. The van der Waals surface area contributed by atoms with Crippen molar-refractivity contribution in [3.05, 3.63) is 12.2 Å². The molecule has 3 unspecified atom stereocenters. The zero-order valence-corrected chi connectivity index (χ0v) is 8.73. The Kier molecular flexibility index (Phi) is 6.51. The summed E-state index contributed by atoms with van der Waals surface area (Å²) in [4.78, 5) is 9.98. The summed E-state index contributed by atoms with van der Waals surface area (Å²) in [5.74, 6) is 0.820. The van der Waals surface area contributed by atoms with Crippen LogP contribution < -0.4 is 0 Å². The minimum Gasteiger partial charge on any atom is -0.393 e. The Hall–Kier alpha value is -0.630. The molecule has 0 saturated carbocycles. The summed E-state index contributed by atoms with van der Waals surface area (Å²) in [5.41, 5.74) is 0. The topological polar surface area (TPSA) is 37.3 Å². The molecular formula is C11H20O2. The van der Waals surface area contributed by atoms with Gasteiger partial charge >= 0.3 is 0 Å². The van der Waals surface area contributed by atoms with Gasteiger partial charge in [-0.1, -0.05) is 33.3 Å². The van der Waals surface area contributed by atoms with Gasteiger partial charge in [-0.2, -0.15) is 0 Å². The Morgan fingerprint density at radius 2 is 2.00 bits per heavy atom. The molecule has 0 amide bonds. The monoisotopic (exact) mass is 184 g/mol. The third kappa shape index (κ3) is 4.83. The Balaban J connectivity index is 3.87. The average Bonchev–Trinajstić information content (AvgIpc) is 2.15. The van der Waals surface area contributed by atoms with Crippen LogP contribution in [0.1, 0.15) is 33.6 Å². The molecule has 0 aromatic carbocycles. The number of hydrogen-bond acceptors (Lipinski definition) is 2. The van der Waals surface area contributed by atoms with E-state index in [4.69, 9.17) is 0 Å². The fourth-order valence-electron chi connectivity index (χ4n) is 1.24. The number of aliphatic hydroxyl groups is 1. The van der Waals surface area contributed by atoms with Gasteiger partial charge in [0.2, 0.25) is 0 Å². The predicted molar refractivity (Wildman–Crippen MR) is 54.4 cm³/mol. The number of hydrogen-bond donors (Lipinski definition) is 1. The zero-order chi connectivity index (χ0) is 10.3. The molecule has 0 saturated heterocycles. The lowest BCUT2D eigenvalue weighted by atomic mass is 9.87. The van der Waals surface area contributed by atoms with E-state index in [9.17, 15) is 9.90 Å². The Morgan fingerprint density at radius 3 is 2.46 bits per heavy atom. The van der Waals surface area contributed by atoms with Gasteiger partial charge < -0.3 is 5.11 Å². The number of carbonyl (C=O) groups excluding carboxylic acids is 1. The summed E-state index contributed by atoms with van der Waals surface area (Å²) in [6, 6.07) is 0. The normalized spacial score (nSPS) is 18.5. The van der Waals surface area contributed by atoms with Crippen LogP contribution in [-0.4, -0.2) is 17.5 Å². The molecule has 0 aliphatic carbocycles. The summed E-state index contributed by atoms with van der Waals surface area (Å²) >= 11 is 0. The molecule has 0 aromatic heterocycles. The number of carbonyl (C=O) groups is 1. The van der Waals surface area contributed by atoms with Crippen molar-refractivity contribution in [1.29, 1.82) is 0 Å². The molecule has 0 aromatic rings. The maximum atomic E-state index is 9.98. The maximum Gasteiger partial charge on any atom is 0.142 e. The molecule has 0 spiro atoms. The number of aldehydes is 1. The minimum absolute atomic E-state index is 0.293. The zero-order valence-electron chi connectivity index (χ0n) is 8.73. The van der Waals surface area contributed by atoms with Crippen LogP contribution in [0.15, 0.2) is 12.2 Å². The second kappa shape index (κ2) is 6.84. The molecule has 0 radical (unpaired) electrons. The van der Waals surface area contributed by atoms with Crippen LogP contribution in [0.3, 0.4) is 0 Å². The van der Waals surface area contributed by atoms with Gasteiger partial charge in [-0.15, -0.1) is 0 Å². The van der Waals surface area contributed by atoms with E-state index in [2.05, 4.69) is 13.8 Å². The van der Waals surface area contributed by atoms with E-state index in [1.165, 1.54) is 6.08 Å². The second-order valence-electron chi connectivity index (χ2n) is 3.61. The van der Waals surface area contributed by atoms with E-state index in [1.807, 2.05) is 6.92 Å². The van der Waals surface area contributed by atoms with Gasteiger partial charge in [0.05, 0.1) is 6.10 Å². The van der Waals surface area contributed by atoms with Gasteiger partial charge in [0, 0.05) is 0 Å². The van der Waals surface area contributed by atoms with Gasteiger partial charge in [-0.25, -0.2) is 0 Å². The highest BCUT2D eigenvalue weighted by Gasteiger charge is 2.17. The largest absolute Gasteiger partial charge is 0.393 e. The molecule has 0 aliphatic heterocycles. The molecule has 2 heteroatoms. The van der Waals surface area contributed by atoms with E-state index in [1.54, 1.807) is 6.08 Å². The lowest BCUT2D eigenvalue weighted by Gasteiger charge is -2.23. The van der Waals surface area contributed by atoms with Gasteiger partial charge in [-0.3, -0.25) is 4.79 Å². The van der Waals surface area contributed by atoms with Crippen molar-refractivity contribution in [3.8, 4) is 0 Å². The van der Waals surface area contributed by atoms with Crippen LogP contribution in [0.4, 0.5) is 0 Å². The molecule has 0 aliphatic rings. The van der Waals surface area contributed by atoms with Crippen LogP contribution in [-0.2, 0) is 4.79 Å². The van der Waals surface area contributed by atoms with E-state index in [0.717, 1.165) is 12.7 Å². The van der Waals surface area contributed by atoms with Gasteiger partial charge in [0.15, 0.2) is 0 Å². The molecule has 0 rings (SSSR count). The van der Waals surface area contributed by atoms with Crippen LogP contribution in [0, 0.1) is 11.8 Å². The first kappa shape index (κ1) is 12.4. The molecule has 2 nitrogen and oxygen atoms in total. The number of allylic oxidation sites excluding steroid dienone is 1. The van der Waals surface area contributed by atoms with Crippen molar-refractivity contribution in [3.63, 3.8) is 0 Å². The average molecular weight is 184 g/mol. The fraction of sp³-hybridized carbons (Fsp3) is 0.727. The summed E-state index contributed by atoms with van der Waals surface area (Å²) in [7, 11) is 0. The van der Waals surface area contributed by atoms with Gasteiger partial charge in [-0.05, 0) is 24.3 Å². The van der Waals surface area contributed by atoms with E-state index < -0.39 is 0 Å². The Bertz CT molecular complexity index is 163. The first-order chi connectivity index (χ1) is 6.13. The maximum absolute atomic E-state index is 9.98. The number of aliphatic hydroxyl groups excluding tert-OH is 1. The lowest BCUT2D eigenvalue weighted by molar-refractivity contribution is -0.104. The van der Waals surface area contributed by atoms with Crippen LogP contribution in [0.25, 0.3) is 0 Å². The smallest absolute Gasteiger partial charge is 0.142 e. The van der Waals surface area contributed by atoms with Gasteiger partial charge in [0.25, 0.3) is 0 Å². The SMILES string of the molecule is CCC(C)C(C)C(O)CC=CC=O. The molecule has 0 bridgehead atoms. The Morgan fingerprint density at radius 1 is 1.38 bits per heavy atom. The fourth-order valence-corrected chi connectivity index (χ4v) is 1.24. The molecular weight excluding hydrogens is 164 g/mol. The third-order valence-corrected chi connectivity index (χ3v) is 2.74. The minimum atomic E-state index is -0.328. The highest BCUT2D eigenvalue weighted by atomic mass is 16.3. The molecule has 3 atom stereocenters. The van der Waals surface area contributed by atoms with Crippen molar-refractivity contribution >= 4 is 6.29 Å². The summed E-state index contributed by atoms with van der Waals surface area (Å²) in [6.45, 7) is 6.31. The number of rotatable bonds is 6.